The van der Waals surface area contributed by atoms with Crippen LogP contribution in [0.5, 0.6) is 0 Å². The van der Waals surface area contributed by atoms with Crippen LogP contribution in [0.15, 0.2) is 0 Å². The number of carbonyl (C=O) groups excluding carboxylic acids is 2. The van der Waals surface area contributed by atoms with Crippen LogP contribution >= 0.6 is 0 Å². The number of primary amides is 1. The second-order valence-electron chi connectivity index (χ2n) is 5.66. The Bertz CT molecular complexity index is 569. The molecule has 21 heavy (non-hydrogen) atoms. The molecule has 3 heterocycles. The maximum atomic E-state index is 11.5. The summed E-state index contributed by atoms with van der Waals surface area (Å²) in [6, 6.07) is 0.0997. The van der Waals surface area contributed by atoms with Crippen LogP contribution in [0.2, 0.25) is 0 Å². The lowest BCUT2D eigenvalue weighted by Gasteiger charge is -2.29. The molecule has 2 aliphatic heterocycles. The van der Waals surface area contributed by atoms with Crippen LogP contribution in [0.4, 0.5) is 0 Å². The molecule has 0 radical (unpaired) electrons. The zero-order valence-corrected chi connectivity index (χ0v) is 12.2. The second-order valence-corrected chi connectivity index (χ2v) is 5.66. The molecule has 1 saturated heterocycles. The molecule has 2 amide bonds. The lowest BCUT2D eigenvalue weighted by atomic mass is 10.2. The third kappa shape index (κ3) is 2.63. The molecule has 2 N–H and O–H groups in total. The van der Waals surface area contributed by atoms with E-state index in [0.717, 1.165) is 31.0 Å². The van der Waals surface area contributed by atoms with Crippen LogP contribution in [0.25, 0.3) is 0 Å². The Kier molecular flexibility index (Phi) is 3.62. The number of rotatable bonds is 3. The monoisotopic (exact) mass is 292 g/mol. The molecule has 3 rings (SSSR count). The molecule has 8 heteroatoms. The van der Waals surface area contributed by atoms with Crippen LogP contribution in [0.3, 0.4) is 0 Å². The molecule has 0 saturated carbocycles. The van der Waals surface area contributed by atoms with Crippen LogP contribution in [-0.2, 0) is 22.7 Å². The molecule has 8 nitrogen and oxygen atoms in total. The van der Waals surface area contributed by atoms with Crippen molar-refractivity contribution in [3.63, 3.8) is 0 Å². The molecule has 2 aliphatic rings. The Morgan fingerprint density at radius 2 is 2.10 bits per heavy atom. The van der Waals surface area contributed by atoms with E-state index < -0.39 is 0 Å². The number of nitrogens with zero attached hydrogens (tertiary/aromatic N) is 5. The molecular formula is C13H20N6O2. The maximum absolute atomic E-state index is 11.5. The first-order valence-corrected chi connectivity index (χ1v) is 7.26. The van der Waals surface area contributed by atoms with E-state index >= 15 is 0 Å². The highest BCUT2D eigenvalue weighted by molar-refractivity contribution is 5.76. The third-order valence-electron chi connectivity index (χ3n) is 4.25. The largest absolute Gasteiger partial charge is 0.369 e. The van der Waals surface area contributed by atoms with Crippen molar-refractivity contribution in [3.8, 4) is 0 Å². The summed E-state index contributed by atoms with van der Waals surface area (Å²) in [5.41, 5.74) is 5.31. The SMILES string of the molecule is CC(=O)N1CCn2c(nnc2[C@H]2CCCN2CC(N)=O)C1. The van der Waals surface area contributed by atoms with Crippen LogP contribution < -0.4 is 5.73 Å². The van der Waals surface area contributed by atoms with Gasteiger partial charge in [-0.15, -0.1) is 10.2 Å². The van der Waals surface area contributed by atoms with Crippen molar-refractivity contribution < 1.29 is 9.59 Å². The van der Waals surface area contributed by atoms with Gasteiger partial charge in [0.25, 0.3) is 0 Å². The predicted molar refractivity (Wildman–Crippen MR) is 73.9 cm³/mol. The standard InChI is InChI=1S/C13H20N6O2/c1-9(20)17-5-6-19-12(8-17)15-16-13(19)10-3-2-4-18(10)7-11(14)21/h10H,2-8H2,1H3,(H2,14,21)/t10-/m1/s1. The van der Waals surface area contributed by atoms with Crippen molar-refractivity contribution in [2.45, 2.75) is 38.9 Å². The lowest BCUT2D eigenvalue weighted by molar-refractivity contribution is -0.130. The molecule has 0 unspecified atom stereocenters. The van der Waals surface area contributed by atoms with Gasteiger partial charge < -0.3 is 15.2 Å². The van der Waals surface area contributed by atoms with E-state index in [1.165, 1.54) is 0 Å². The number of hydrogen-bond acceptors (Lipinski definition) is 5. The number of nitrogens with two attached hydrogens (primary N) is 1. The highest BCUT2D eigenvalue weighted by Gasteiger charge is 2.33. The van der Waals surface area contributed by atoms with E-state index in [1.807, 2.05) is 0 Å². The zero-order chi connectivity index (χ0) is 15.0. The Hall–Kier alpha value is -1.96. The molecule has 114 valence electrons. The summed E-state index contributed by atoms with van der Waals surface area (Å²) in [6.45, 7) is 4.57. The smallest absolute Gasteiger partial charge is 0.231 e. The van der Waals surface area contributed by atoms with Crippen molar-refractivity contribution in [1.82, 2.24) is 24.6 Å². The molecule has 1 aromatic rings. The summed E-state index contributed by atoms with van der Waals surface area (Å²) in [5.74, 6) is 1.45. The summed E-state index contributed by atoms with van der Waals surface area (Å²) in [7, 11) is 0. The first-order valence-electron chi connectivity index (χ1n) is 7.26. The normalized spacial score (nSPS) is 22.3. The Balaban J connectivity index is 1.81. The van der Waals surface area contributed by atoms with Crippen LogP contribution in [0.1, 0.15) is 37.5 Å². The fourth-order valence-electron chi connectivity index (χ4n) is 3.20. The molecule has 0 aliphatic carbocycles. The highest BCUT2D eigenvalue weighted by atomic mass is 16.2. The summed E-state index contributed by atoms with van der Waals surface area (Å²) in [5, 5.41) is 8.54. The minimum absolute atomic E-state index is 0.0574. The van der Waals surface area contributed by atoms with Gasteiger partial charge in [0.15, 0.2) is 11.6 Å². The third-order valence-corrected chi connectivity index (χ3v) is 4.25. The first kappa shape index (κ1) is 14.0. The lowest BCUT2D eigenvalue weighted by Crippen LogP contribution is -2.39. The molecular weight excluding hydrogens is 272 g/mol. The molecule has 0 aromatic carbocycles. The van der Waals surface area contributed by atoms with E-state index in [2.05, 4.69) is 19.7 Å². The first-order chi connectivity index (χ1) is 10.1. The van der Waals surface area contributed by atoms with Gasteiger partial charge >= 0.3 is 0 Å². The van der Waals surface area contributed by atoms with Gasteiger partial charge in [-0.25, -0.2) is 0 Å². The van der Waals surface area contributed by atoms with Gasteiger partial charge in [-0.2, -0.15) is 0 Å². The average molecular weight is 292 g/mol. The Labute approximate surface area is 122 Å². The van der Waals surface area contributed by atoms with Gasteiger partial charge in [-0.3, -0.25) is 14.5 Å². The summed E-state index contributed by atoms with van der Waals surface area (Å²) >= 11 is 0. The summed E-state index contributed by atoms with van der Waals surface area (Å²) < 4.78 is 2.09. The minimum Gasteiger partial charge on any atom is -0.369 e. The number of fused-ring (bicyclic) bond motifs is 1. The topological polar surface area (TPSA) is 97.3 Å². The zero-order valence-electron chi connectivity index (χ0n) is 12.2. The fourth-order valence-corrected chi connectivity index (χ4v) is 3.20. The van der Waals surface area contributed by atoms with E-state index in [1.54, 1.807) is 11.8 Å². The number of aromatic nitrogens is 3. The fraction of sp³-hybridized carbons (Fsp3) is 0.692. The van der Waals surface area contributed by atoms with E-state index in [0.29, 0.717) is 19.6 Å². The molecule has 0 bridgehead atoms. The number of amides is 2. The van der Waals surface area contributed by atoms with Crippen molar-refractivity contribution >= 4 is 11.8 Å². The van der Waals surface area contributed by atoms with Crippen molar-refractivity contribution in [2.75, 3.05) is 19.6 Å². The second kappa shape index (κ2) is 5.44. The summed E-state index contributed by atoms with van der Waals surface area (Å²) in [6.07, 6.45) is 1.99. The van der Waals surface area contributed by atoms with Gasteiger partial charge in [0.2, 0.25) is 11.8 Å². The van der Waals surface area contributed by atoms with Crippen molar-refractivity contribution in [2.24, 2.45) is 5.73 Å². The van der Waals surface area contributed by atoms with Gasteiger partial charge in [-0.05, 0) is 19.4 Å². The van der Waals surface area contributed by atoms with Crippen molar-refractivity contribution in [1.29, 1.82) is 0 Å². The van der Waals surface area contributed by atoms with E-state index in [9.17, 15) is 9.59 Å². The predicted octanol–water partition coefficient (Wildman–Crippen LogP) is -0.738. The highest BCUT2D eigenvalue weighted by Crippen LogP contribution is 2.31. The van der Waals surface area contributed by atoms with Crippen LogP contribution in [0, 0.1) is 0 Å². The quantitative estimate of drug-likeness (QED) is 0.791. The molecule has 1 atom stereocenters. The van der Waals surface area contributed by atoms with E-state index in [4.69, 9.17) is 5.73 Å². The number of carbonyl (C=O) groups is 2. The van der Waals surface area contributed by atoms with Gasteiger partial charge in [0, 0.05) is 20.0 Å². The van der Waals surface area contributed by atoms with Gasteiger partial charge in [-0.1, -0.05) is 0 Å². The molecule has 1 fully saturated rings. The Morgan fingerprint density at radius 3 is 2.81 bits per heavy atom. The van der Waals surface area contributed by atoms with Crippen LogP contribution in [-0.4, -0.2) is 56.0 Å². The average Bonchev–Trinajstić information content (AvgIpc) is 3.03. The van der Waals surface area contributed by atoms with Gasteiger partial charge in [0.1, 0.15) is 0 Å². The minimum atomic E-state index is -0.317. The van der Waals surface area contributed by atoms with E-state index in [-0.39, 0.29) is 24.4 Å². The number of hydrogen-bond donors (Lipinski definition) is 1. The maximum Gasteiger partial charge on any atom is 0.231 e. The van der Waals surface area contributed by atoms with Crippen molar-refractivity contribution in [3.05, 3.63) is 11.6 Å². The number of likely N-dealkylation sites (tertiary alicyclic amines) is 1. The Morgan fingerprint density at radius 1 is 1.29 bits per heavy atom. The molecule has 1 aromatic heterocycles. The van der Waals surface area contributed by atoms with Gasteiger partial charge in [0.05, 0.1) is 19.1 Å². The summed E-state index contributed by atoms with van der Waals surface area (Å²) in [4.78, 5) is 26.5. The molecule has 0 spiro atoms.